The van der Waals surface area contributed by atoms with Gasteiger partial charge in [0, 0.05) is 0 Å². The summed E-state index contributed by atoms with van der Waals surface area (Å²) in [5, 5.41) is 22.5. The number of hydrogen-bond acceptors (Lipinski definition) is 4. The molecular weight excluding hydrogens is 190 g/mol. The van der Waals surface area contributed by atoms with Crippen LogP contribution in [0, 0.1) is 17.0 Å². The zero-order valence-corrected chi connectivity index (χ0v) is 7.51. The van der Waals surface area contributed by atoms with Gasteiger partial charge in [0.25, 0.3) is 0 Å². The number of carbonyl (C=O) groups is 1. The number of aromatic nitrogens is 2. The van der Waals surface area contributed by atoms with Crippen molar-refractivity contribution in [3.05, 3.63) is 22.0 Å². The molecule has 0 saturated carbocycles. The first-order chi connectivity index (χ1) is 6.52. The molecule has 0 aliphatic rings. The Morgan fingerprint density at radius 1 is 1.79 bits per heavy atom. The maximum Gasteiger partial charge on any atom is 0.309 e. The van der Waals surface area contributed by atoms with E-state index in [1.807, 2.05) is 0 Å². The molecule has 14 heavy (non-hydrogen) atoms. The Balaban J connectivity index is 2.79. The van der Waals surface area contributed by atoms with Crippen LogP contribution in [0.4, 0.5) is 5.69 Å². The summed E-state index contributed by atoms with van der Waals surface area (Å²) in [7, 11) is 0. The van der Waals surface area contributed by atoms with Crippen molar-refractivity contribution >= 4 is 11.7 Å². The van der Waals surface area contributed by atoms with Crippen LogP contribution in [-0.4, -0.2) is 25.8 Å². The number of aliphatic carboxylic acids is 1. The highest BCUT2D eigenvalue weighted by atomic mass is 16.6. The molecule has 0 saturated heterocycles. The molecule has 7 heteroatoms. The van der Waals surface area contributed by atoms with Gasteiger partial charge < -0.3 is 5.11 Å². The van der Waals surface area contributed by atoms with Crippen molar-refractivity contribution in [2.75, 3.05) is 0 Å². The molecule has 7 nitrogen and oxygen atoms in total. The van der Waals surface area contributed by atoms with E-state index in [1.165, 1.54) is 11.6 Å². The van der Waals surface area contributed by atoms with Gasteiger partial charge in [-0.05, 0) is 6.92 Å². The highest BCUT2D eigenvalue weighted by Gasteiger charge is 2.16. The molecule has 0 radical (unpaired) electrons. The number of hydrogen-bond donors (Lipinski definition) is 1. The minimum absolute atomic E-state index is 0.0876. The summed E-state index contributed by atoms with van der Waals surface area (Å²) >= 11 is 0. The summed E-state index contributed by atoms with van der Waals surface area (Å²) in [4.78, 5) is 20.1. The van der Waals surface area contributed by atoms with E-state index in [0.29, 0.717) is 5.69 Å². The van der Waals surface area contributed by atoms with E-state index in [4.69, 9.17) is 5.11 Å². The third-order valence-electron chi connectivity index (χ3n) is 1.81. The van der Waals surface area contributed by atoms with E-state index >= 15 is 0 Å². The lowest BCUT2D eigenvalue weighted by Gasteiger charge is -1.99. The predicted molar refractivity (Wildman–Crippen MR) is 45.9 cm³/mol. The molecular formula is C7H9N3O4. The van der Waals surface area contributed by atoms with Gasteiger partial charge in [-0.3, -0.25) is 19.6 Å². The van der Waals surface area contributed by atoms with Gasteiger partial charge in [0.05, 0.1) is 17.9 Å². The van der Waals surface area contributed by atoms with Crippen LogP contribution >= 0.6 is 0 Å². The zero-order valence-electron chi connectivity index (χ0n) is 7.51. The van der Waals surface area contributed by atoms with Gasteiger partial charge in [-0.15, -0.1) is 0 Å². The van der Waals surface area contributed by atoms with Crippen LogP contribution in [0.25, 0.3) is 0 Å². The molecule has 0 aliphatic carbocycles. The summed E-state index contributed by atoms with van der Waals surface area (Å²) in [5.41, 5.74) is 0.284. The Morgan fingerprint density at radius 2 is 2.43 bits per heavy atom. The van der Waals surface area contributed by atoms with Crippen molar-refractivity contribution in [3.8, 4) is 0 Å². The van der Waals surface area contributed by atoms with Crippen LogP contribution in [0.15, 0.2) is 6.20 Å². The number of aryl methyl sites for hydroxylation is 1. The maximum absolute atomic E-state index is 10.4. The second kappa shape index (κ2) is 3.86. The van der Waals surface area contributed by atoms with Gasteiger partial charge in [0.15, 0.2) is 0 Å². The third kappa shape index (κ3) is 2.06. The number of rotatable bonds is 4. The molecule has 0 atom stereocenters. The first-order valence-corrected chi connectivity index (χ1v) is 3.91. The average molecular weight is 199 g/mol. The Labute approximate surface area is 79.1 Å². The van der Waals surface area contributed by atoms with Crippen molar-refractivity contribution in [2.45, 2.75) is 19.9 Å². The van der Waals surface area contributed by atoms with Gasteiger partial charge in [-0.1, -0.05) is 0 Å². The number of nitro groups is 1. The minimum atomic E-state index is -0.956. The fourth-order valence-corrected chi connectivity index (χ4v) is 1.04. The monoisotopic (exact) mass is 199 g/mol. The molecule has 1 heterocycles. The second-order valence-electron chi connectivity index (χ2n) is 2.74. The van der Waals surface area contributed by atoms with Gasteiger partial charge in [0.1, 0.15) is 11.9 Å². The van der Waals surface area contributed by atoms with E-state index in [9.17, 15) is 14.9 Å². The number of carboxylic acid groups (broad SMARTS) is 1. The van der Waals surface area contributed by atoms with Crippen molar-refractivity contribution in [3.63, 3.8) is 0 Å². The lowest BCUT2D eigenvalue weighted by Crippen LogP contribution is -2.07. The van der Waals surface area contributed by atoms with E-state index in [-0.39, 0.29) is 18.7 Å². The molecule has 0 spiro atoms. The standard InChI is InChI=1S/C7H9N3O4/c1-5-6(10(13)14)4-8-9(5)3-2-7(11)12/h4H,2-3H2,1H3,(H,11,12). The smallest absolute Gasteiger partial charge is 0.309 e. The van der Waals surface area contributed by atoms with Crippen molar-refractivity contribution in [1.82, 2.24) is 9.78 Å². The third-order valence-corrected chi connectivity index (χ3v) is 1.81. The summed E-state index contributed by atoms with van der Waals surface area (Å²) in [5.74, 6) is -0.956. The second-order valence-corrected chi connectivity index (χ2v) is 2.74. The van der Waals surface area contributed by atoms with Gasteiger partial charge in [-0.25, -0.2) is 0 Å². The van der Waals surface area contributed by atoms with Crippen LogP contribution in [0.3, 0.4) is 0 Å². The van der Waals surface area contributed by atoms with Gasteiger partial charge >= 0.3 is 11.7 Å². The summed E-state index contributed by atoms with van der Waals surface area (Å²) in [6.45, 7) is 1.68. The summed E-state index contributed by atoms with van der Waals surface area (Å²) < 4.78 is 1.31. The number of carboxylic acids is 1. The van der Waals surface area contributed by atoms with Crippen molar-refractivity contribution < 1.29 is 14.8 Å². The zero-order chi connectivity index (χ0) is 10.7. The van der Waals surface area contributed by atoms with E-state index < -0.39 is 10.9 Å². The quantitative estimate of drug-likeness (QED) is 0.564. The molecule has 76 valence electrons. The predicted octanol–water partition coefficient (Wildman–Crippen LogP) is 0.574. The van der Waals surface area contributed by atoms with Crippen molar-refractivity contribution in [2.24, 2.45) is 0 Å². The number of nitrogens with zero attached hydrogens (tertiary/aromatic N) is 3. The van der Waals surface area contributed by atoms with E-state index in [0.717, 1.165) is 6.20 Å². The largest absolute Gasteiger partial charge is 0.481 e. The van der Waals surface area contributed by atoms with Crippen LogP contribution in [0.1, 0.15) is 12.1 Å². The van der Waals surface area contributed by atoms with E-state index in [2.05, 4.69) is 5.10 Å². The van der Waals surface area contributed by atoms with Crippen LogP contribution in [0.5, 0.6) is 0 Å². The maximum atomic E-state index is 10.4. The first-order valence-electron chi connectivity index (χ1n) is 3.91. The highest BCUT2D eigenvalue weighted by Crippen LogP contribution is 2.15. The summed E-state index contributed by atoms with van der Waals surface area (Å²) in [6.07, 6.45) is 1.02. The molecule has 1 aromatic rings. The molecule has 1 N–H and O–H groups in total. The minimum Gasteiger partial charge on any atom is -0.481 e. The molecule has 0 unspecified atom stereocenters. The summed E-state index contributed by atoms with van der Waals surface area (Å²) in [6, 6.07) is 0. The molecule has 0 aromatic carbocycles. The molecule has 0 bridgehead atoms. The highest BCUT2D eigenvalue weighted by molar-refractivity contribution is 5.66. The van der Waals surface area contributed by atoms with Crippen molar-refractivity contribution in [1.29, 1.82) is 0 Å². The Bertz CT molecular complexity index is 371. The Kier molecular flexibility index (Phi) is 2.80. The fourth-order valence-electron chi connectivity index (χ4n) is 1.04. The molecule has 0 aliphatic heterocycles. The lowest BCUT2D eigenvalue weighted by atomic mass is 10.4. The van der Waals surface area contributed by atoms with E-state index in [1.54, 1.807) is 0 Å². The first kappa shape index (κ1) is 10.2. The molecule has 0 fully saturated rings. The average Bonchev–Trinajstić information content (AvgIpc) is 2.43. The molecule has 0 amide bonds. The fraction of sp³-hybridized carbons (Fsp3) is 0.429. The Morgan fingerprint density at radius 3 is 2.86 bits per heavy atom. The molecule has 1 aromatic heterocycles. The SMILES string of the molecule is Cc1c([N+](=O)[O-])cnn1CCC(=O)O. The molecule has 1 rings (SSSR count). The van der Waals surface area contributed by atoms with Crippen LogP contribution in [0.2, 0.25) is 0 Å². The lowest BCUT2D eigenvalue weighted by molar-refractivity contribution is -0.385. The topological polar surface area (TPSA) is 98.3 Å². The van der Waals surface area contributed by atoms with Gasteiger partial charge in [-0.2, -0.15) is 5.10 Å². The van der Waals surface area contributed by atoms with Crippen LogP contribution in [-0.2, 0) is 11.3 Å². The van der Waals surface area contributed by atoms with Crippen LogP contribution < -0.4 is 0 Å². The van der Waals surface area contributed by atoms with Gasteiger partial charge in [0.2, 0.25) is 0 Å². The Hall–Kier alpha value is -1.92. The normalized spacial score (nSPS) is 10.1.